The van der Waals surface area contributed by atoms with Crippen LogP contribution in [0, 0.1) is 0 Å². The van der Waals surface area contributed by atoms with E-state index in [0.29, 0.717) is 0 Å². The van der Waals surface area contributed by atoms with Gasteiger partial charge in [0.15, 0.2) is 5.78 Å². The number of Topliss-reactive ketones (excluding diaryl/α,β-unsaturated/α-hetero) is 1. The van der Waals surface area contributed by atoms with Crippen LogP contribution in [-0.2, 0) is 6.18 Å². The Morgan fingerprint density at radius 1 is 1.27 bits per heavy atom. The van der Waals surface area contributed by atoms with Crippen molar-refractivity contribution < 1.29 is 22.7 Å². The van der Waals surface area contributed by atoms with Gasteiger partial charge in [-0.25, -0.2) is 0 Å². The minimum absolute atomic E-state index is 0.0000926. The summed E-state index contributed by atoms with van der Waals surface area (Å²) in [4.78, 5) is 11.4. The lowest BCUT2D eigenvalue weighted by atomic mass is 9.98. The number of ether oxygens (including phenoxy) is 1. The molecule has 0 N–H and O–H groups in total. The second kappa shape index (κ2) is 3.25. The number of rotatable bonds is 0. The second-order valence-electron chi connectivity index (χ2n) is 3.20. The third-order valence-corrected chi connectivity index (χ3v) is 2.20. The summed E-state index contributed by atoms with van der Waals surface area (Å²) in [5.41, 5.74) is -1.25. The lowest BCUT2D eigenvalue weighted by molar-refractivity contribution is -0.138. The van der Waals surface area contributed by atoms with Gasteiger partial charge in [0.05, 0.1) is 17.7 Å². The fourth-order valence-corrected chi connectivity index (χ4v) is 1.55. The first-order valence-electron chi connectivity index (χ1n) is 4.36. The van der Waals surface area contributed by atoms with Gasteiger partial charge in [0.25, 0.3) is 0 Å². The van der Waals surface area contributed by atoms with Gasteiger partial charge in [0.1, 0.15) is 5.75 Å². The number of benzene rings is 1. The van der Waals surface area contributed by atoms with E-state index >= 15 is 0 Å². The summed E-state index contributed by atoms with van der Waals surface area (Å²) in [6, 6.07) is 3.51. The molecule has 1 aliphatic rings. The van der Waals surface area contributed by atoms with E-state index < -0.39 is 17.5 Å². The van der Waals surface area contributed by atoms with E-state index in [2.05, 4.69) is 0 Å². The van der Waals surface area contributed by atoms with Crippen LogP contribution in [0.5, 0.6) is 5.75 Å². The first kappa shape index (κ1) is 10.0. The minimum atomic E-state index is -4.51. The van der Waals surface area contributed by atoms with Crippen molar-refractivity contribution in [2.24, 2.45) is 0 Å². The molecule has 0 saturated heterocycles. The van der Waals surface area contributed by atoms with E-state index in [1.165, 1.54) is 12.1 Å². The number of hydrogen-bond donors (Lipinski definition) is 0. The van der Waals surface area contributed by atoms with E-state index in [0.717, 1.165) is 6.07 Å². The monoisotopic (exact) mass is 216 g/mol. The Balaban J connectivity index is 2.62. The first-order valence-corrected chi connectivity index (χ1v) is 4.36. The summed E-state index contributed by atoms with van der Waals surface area (Å²) in [5.74, 6) is -0.481. The zero-order valence-corrected chi connectivity index (χ0v) is 7.60. The lowest BCUT2D eigenvalue weighted by Gasteiger charge is -2.20. The molecule has 0 aromatic heterocycles. The lowest BCUT2D eigenvalue weighted by Crippen LogP contribution is -2.20. The van der Waals surface area contributed by atoms with Gasteiger partial charge in [-0.05, 0) is 12.1 Å². The third-order valence-electron chi connectivity index (χ3n) is 2.20. The maximum Gasteiger partial charge on any atom is 0.417 e. The number of ketones is 1. The van der Waals surface area contributed by atoms with Crippen molar-refractivity contribution in [1.29, 1.82) is 0 Å². The number of alkyl halides is 3. The molecule has 0 unspecified atom stereocenters. The molecular weight excluding hydrogens is 209 g/mol. The maximum absolute atomic E-state index is 12.5. The molecule has 1 aromatic carbocycles. The molecule has 0 bridgehead atoms. The number of carbonyl (C=O) groups excluding carboxylic acids is 1. The van der Waals surface area contributed by atoms with E-state index in [4.69, 9.17) is 4.74 Å². The van der Waals surface area contributed by atoms with Crippen LogP contribution in [0.2, 0.25) is 0 Å². The largest absolute Gasteiger partial charge is 0.492 e. The van der Waals surface area contributed by atoms with Crippen LogP contribution in [0.4, 0.5) is 13.2 Å². The van der Waals surface area contributed by atoms with Crippen LogP contribution in [0.3, 0.4) is 0 Å². The molecule has 1 aliphatic heterocycles. The number of halogens is 3. The smallest absolute Gasteiger partial charge is 0.417 e. The molecule has 2 nitrogen and oxygen atoms in total. The zero-order chi connectivity index (χ0) is 11.1. The zero-order valence-electron chi connectivity index (χ0n) is 7.60. The summed E-state index contributed by atoms with van der Waals surface area (Å²) < 4.78 is 42.6. The number of carbonyl (C=O) groups is 1. The van der Waals surface area contributed by atoms with Crippen LogP contribution in [0.25, 0.3) is 0 Å². The SMILES string of the molecule is O=C1CCOc2cccc(C(F)(F)F)c21. The quantitative estimate of drug-likeness (QED) is 0.666. The highest BCUT2D eigenvalue weighted by Gasteiger charge is 2.37. The molecule has 0 spiro atoms. The van der Waals surface area contributed by atoms with Gasteiger partial charge < -0.3 is 4.74 Å². The van der Waals surface area contributed by atoms with Crippen LogP contribution in [0.1, 0.15) is 22.3 Å². The minimum Gasteiger partial charge on any atom is -0.492 e. The van der Waals surface area contributed by atoms with E-state index in [9.17, 15) is 18.0 Å². The maximum atomic E-state index is 12.5. The summed E-state index contributed by atoms with van der Waals surface area (Å²) in [7, 11) is 0. The number of fused-ring (bicyclic) bond motifs is 1. The van der Waals surface area contributed by atoms with Gasteiger partial charge in [0.2, 0.25) is 0 Å². The van der Waals surface area contributed by atoms with Crippen molar-refractivity contribution in [3.05, 3.63) is 29.3 Å². The highest BCUT2D eigenvalue weighted by molar-refractivity contribution is 6.01. The number of hydrogen-bond acceptors (Lipinski definition) is 2. The third kappa shape index (κ3) is 1.69. The Hall–Kier alpha value is -1.52. The van der Waals surface area contributed by atoms with Crippen molar-refractivity contribution in [2.75, 3.05) is 6.61 Å². The second-order valence-corrected chi connectivity index (χ2v) is 3.20. The van der Waals surface area contributed by atoms with Gasteiger partial charge in [-0.15, -0.1) is 0 Å². The molecular formula is C10H7F3O2. The predicted octanol–water partition coefficient (Wildman–Crippen LogP) is 2.67. The van der Waals surface area contributed by atoms with Crippen molar-refractivity contribution in [3.63, 3.8) is 0 Å². The van der Waals surface area contributed by atoms with Gasteiger partial charge in [-0.2, -0.15) is 13.2 Å². The van der Waals surface area contributed by atoms with Crippen LogP contribution in [-0.4, -0.2) is 12.4 Å². The van der Waals surface area contributed by atoms with E-state index in [1.54, 1.807) is 0 Å². The fraction of sp³-hybridized carbons (Fsp3) is 0.300. The van der Waals surface area contributed by atoms with E-state index in [1.807, 2.05) is 0 Å². The average molecular weight is 216 g/mol. The Bertz CT molecular complexity index is 410. The molecule has 0 radical (unpaired) electrons. The molecule has 0 atom stereocenters. The van der Waals surface area contributed by atoms with Crippen LogP contribution >= 0.6 is 0 Å². The summed E-state index contributed by atoms with van der Waals surface area (Å²) in [6.07, 6.45) is -4.51. The van der Waals surface area contributed by atoms with Gasteiger partial charge in [-0.3, -0.25) is 4.79 Å². The molecule has 0 amide bonds. The average Bonchev–Trinajstić information content (AvgIpc) is 2.16. The molecule has 0 saturated carbocycles. The molecule has 0 aliphatic carbocycles. The molecule has 2 rings (SSSR count). The normalized spacial score (nSPS) is 15.8. The van der Waals surface area contributed by atoms with Crippen LogP contribution in [0.15, 0.2) is 18.2 Å². The molecule has 80 valence electrons. The summed E-state index contributed by atoms with van der Waals surface area (Å²) >= 11 is 0. The highest BCUT2D eigenvalue weighted by atomic mass is 19.4. The van der Waals surface area contributed by atoms with Crippen molar-refractivity contribution in [2.45, 2.75) is 12.6 Å². The molecule has 1 aromatic rings. The highest BCUT2D eigenvalue weighted by Crippen LogP contribution is 2.37. The van der Waals surface area contributed by atoms with Crippen molar-refractivity contribution in [3.8, 4) is 5.75 Å². The Morgan fingerprint density at radius 2 is 2.00 bits per heavy atom. The first-order chi connectivity index (χ1) is 7.00. The van der Waals surface area contributed by atoms with Gasteiger partial charge in [0, 0.05) is 6.42 Å². The van der Waals surface area contributed by atoms with Gasteiger partial charge in [-0.1, -0.05) is 6.07 Å². The molecule has 1 heterocycles. The predicted molar refractivity (Wildman–Crippen MR) is 45.9 cm³/mol. The van der Waals surface area contributed by atoms with Crippen molar-refractivity contribution in [1.82, 2.24) is 0 Å². The van der Waals surface area contributed by atoms with Gasteiger partial charge >= 0.3 is 6.18 Å². The fourth-order valence-electron chi connectivity index (χ4n) is 1.55. The topological polar surface area (TPSA) is 26.3 Å². The molecule has 15 heavy (non-hydrogen) atoms. The molecule has 5 heteroatoms. The summed E-state index contributed by atoms with van der Waals surface area (Å²) in [5, 5.41) is 0. The van der Waals surface area contributed by atoms with Crippen molar-refractivity contribution >= 4 is 5.78 Å². The van der Waals surface area contributed by atoms with Crippen LogP contribution < -0.4 is 4.74 Å². The molecule has 0 fully saturated rings. The Kier molecular flexibility index (Phi) is 2.17. The Labute approximate surface area is 83.7 Å². The van der Waals surface area contributed by atoms with E-state index in [-0.39, 0.29) is 24.3 Å². The Morgan fingerprint density at radius 3 is 2.67 bits per heavy atom. The standard InChI is InChI=1S/C10H7F3O2/c11-10(12,13)6-2-1-3-8-9(6)7(14)4-5-15-8/h1-3H,4-5H2. The summed E-state index contributed by atoms with van der Waals surface area (Å²) in [6.45, 7) is 0.146.